The standard InChI is InChI=1S/C20H21NO2S/c1-3-23-19(22)13-18-20(24-2)16-11-7-8-12-17(16)21(18)14-15-9-5-4-6-10-15/h4-12H,3,13-14H2,1-2H3. The summed E-state index contributed by atoms with van der Waals surface area (Å²) in [5, 5.41) is 1.19. The summed E-state index contributed by atoms with van der Waals surface area (Å²) in [6.45, 7) is 3.00. The van der Waals surface area contributed by atoms with E-state index in [-0.39, 0.29) is 5.97 Å². The number of ether oxygens (including phenoxy) is 1. The molecular weight excluding hydrogens is 318 g/mol. The minimum absolute atomic E-state index is 0.176. The number of fused-ring (bicyclic) bond motifs is 1. The predicted molar refractivity (Wildman–Crippen MR) is 99.6 cm³/mol. The molecule has 0 atom stereocenters. The van der Waals surface area contributed by atoms with Crippen molar-refractivity contribution in [1.82, 2.24) is 4.57 Å². The van der Waals surface area contributed by atoms with E-state index in [9.17, 15) is 4.79 Å². The van der Waals surface area contributed by atoms with Gasteiger partial charge in [0.2, 0.25) is 0 Å². The molecule has 1 heterocycles. The van der Waals surface area contributed by atoms with Crippen LogP contribution in [0.1, 0.15) is 18.2 Å². The molecule has 2 aromatic carbocycles. The Hall–Kier alpha value is -2.20. The normalized spacial score (nSPS) is 10.9. The monoisotopic (exact) mass is 339 g/mol. The maximum Gasteiger partial charge on any atom is 0.311 e. The van der Waals surface area contributed by atoms with Gasteiger partial charge in [-0.25, -0.2) is 0 Å². The summed E-state index contributed by atoms with van der Waals surface area (Å²) in [4.78, 5) is 13.3. The lowest BCUT2D eigenvalue weighted by molar-refractivity contribution is -0.142. The van der Waals surface area contributed by atoms with Crippen LogP contribution in [0.2, 0.25) is 0 Å². The Balaban J connectivity index is 2.11. The molecule has 3 nitrogen and oxygen atoms in total. The van der Waals surface area contributed by atoms with Crippen LogP contribution in [0.25, 0.3) is 10.9 Å². The molecule has 0 aliphatic rings. The molecule has 24 heavy (non-hydrogen) atoms. The Kier molecular flexibility index (Phi) is 5.26. The highest BCUT2D eigenvalue weighted by molar-refractivity contribution is 7.98. The molecular formula is C20H21NO2S. The van der Waals surface area contributed by atoms with Gasteiger partial charge >= 0.3 is 5.97 Å². The lowest BCUT2D eigenvalue weighted by Gasteiger charge is -2.12. The molecule has 1 aromatic heterocycles. The van der Waals surface area contributed by atoms with Gasteiger partial charge in [0.25, 0.3) is 0 Å². The minimum atomic E-state index is -0.176. The number of hydrogen-bond donors (Lipinski definition) is 0. The number of esters is 1. The Labute approximate surface area is 146 Å². The number of carbonyl (C=O) groups is 1. The van der Waals surface area contributed by atoms with Gasteiger partial charge in [0.15, 0.2) is 0 Å². The van der Waals surface area contributed by atoms with Crippen LogP contribution < -0.4 is 0 Å². The Morgan fingerprint density at radius 2 is 1.79 bits per heavy atom. The number of rotatable bonds is 6. The second-order valence-corrected chi connectivity index (χ2v) is 6.37. The SMILES string of the molecule is CCOC(=O)Cc1c(SC)c2ccccc2n1Cc1ccccc1. The van der Waals surface area contributed by atoms with Crippen molar-refractivity contribution in [2.75, 3.05) is 12.9 Å². The Morgan fingerprint density at radius 1 is 1.08 bits per heavy atom. The Morgan fingerprint density at radius 3 is 2.50 bits per heavy atom. The summed E-state index contributed by atoms with van der Waals surface area (Å²) >= 11 is 1.69. The molecule has 0 aliphatic heterocycles. The number of para-hydroxylation sites is 1. The third-order valence-corrected chi connectivity index (χ3v) is 4.90. The zero-order valence-corrected chi connectivity index (χ0v) is 14.8. The minimum Gasteiger partial charge on any atom is -0.466 e. The first-order valence-electron chi connectivity index (χ1n) is 8.08. The van der Waals surface area contributed by atoms with Crippen LogP contribution in [0.15, 0.2) is 59.5 Å². The van der Waals surface area contributed by atoms with E-state index < -0.39 is 0 Å². The van der Waals surface area contributed by atoms with Crippen LogP contribution in [-0.4, -0.2) is 23.4 Å². The molecule has 0 spiro atoms. The van der Waals surface area contributed by atoms with Crippen molar-refractivity contribution in [3.8, 4) is 0 Å². The maximum atomic E-state index is 12.1. The van der Waals surface area contributed by atoms with Crippen LogP contribution in [-0.2, 0) is 22.5 Å². The highest BCUT2D eigenvalue weighted by atomic mass is 32.2. The van der Waals surface area contributed by atoms with Crippen molar-refractivity contribution in [2.24, 2.45) is 0 Å². The van der Waals surface area contributed by atoms with Crippen LogP contribution in [0.5, 0.6) is 0 Å². The molecule has 0 bridgehead atoms. The van der Waals surface area contributed by atoms with E-state index >= 15 is 0 Å². The van der Waals surface area contributed by atoms with Gasteiger partial charge in [0.1, 0.15) is 0 Å². The molecule has 0 fully saturated rings. The smallest absolute Gasteiger partial charge is 0.311 e. The average molecular weight is 339 g/mol. The molecule has 0 N–H and O–H groups in total. The van der Waals surface area contributed by atoms with Gasteiger partial charge in [-0.05, 0) is 24.8 Å². The van der Waals surface area contributed by atoms with E-state index in [0.717, 1.165) is 22.7 Å². The molecule has 4 heteroatoms. The summed E-state index contributed by atoms with van der Waals surface area (Å²) in [7, 11) is 0. The molecule has 0 aliphatic carbocycles. The summed E-state index contributed by atoms with van der Waals surface area (Å²) in [5.74, 6) is -0.176. The largest absolute Gasteiger partial charge is 0.466 e. The van der Waals surface area contributed by atoms with Crippen molar-refractivity contribution in [1.29, 1.82) is 0 Å². The third-order valence-electron chi connectivity index (χ3n) is 4.03. The summed E-state index contributed by atoms with van der Waals surface area (Å²) < 4.78 is 7.43. The molecule has 0 saturated carbocycles. The third kappa shape index (κ3) is 3.34. The number of benzene rings is 2. The number of hydrogen-bond acceptors (Lipinski definition) is 3. The lowest BCUT2D eigenvalue weighted by atomic mass is 10.2. The van der Waals surface area contributed by atoms with Gasteiger partial charge in [-0.1, -0.05) is 48.5 Å². The number of aromatic nitrogens is 1. The van der Waals surface area contributed by atoms with Crippen molar-refractivity contribution in [2.45, 2.75) is 24.8 Å². The number of thioether (sulfide) groups is 1. The van der Waals surface area contributed by atoms with Crippen molar-refractivity contribution in [3.05, 3.63) is 65.9 Å². The fourth-order valence-electron chi connectivity index (χ4n) is 3.02. The van der Waals surface area contributed by atoms with Gasteiger partial charge in [-0.3, -0.25) is 4.79 Å². The molecule has 3 aromatic rings. The van der Waals surface area contributed by atoms with E-state index in [1.54, 1.807) is 11.8 Å². The van der Waals surface area contributed by atoms with Crippen LogP contribution >= 0.6 is 11.8 Å². The molecule has 0 amide bonds. The van der Waals surface area contributed by atoms with Crippen molar-refractivity contribution in [3.63, 3.8) is 0 Å². The van der Waals surface area contributed by atoms with Crippen LogP contribution in [0.4, 0.5) is 0 Å². The fourth-order valence-corrected chi connectivity index (χ4v) is 3.83. The van der Waals surface area contributed by atoms with Gasteiger partial charge in [-0.2, -0.15) is 0 Å². The second kappa shape index (κ2) is 7.58. The topological polar surface area (TPSA) is 31.2 Å². The highest BCUT2D eigenvalue weighted by Crippen LogP contribution is 2.34. The van der Waals surface area contributed by atoms with Gasteiger partial charge < -0.3 is 9.30 Å². The molecule has 0 saturated heterocycles. The van der Waals surface area contributed by atoms with E-state index in [1.807, 2.05) is 37.3 Å². The first-order chi connectivity index (χ1) is 11.7. The predicted octanol–water partition coefficient (Wildman–Crippen LogP) is 4.52. The average Bonchev–Trinajstić information content (AvgIpc) is 2.89. The summed E-state index contributed by atoms with van der Waals surface area (Å²) in [6.07, 6.45) is 2.36. The van der Waals surface area contributed by atoms with E-state index in [0.29, 0.717) is 13.0 Å². The van der Waals surface area contributed by atoms with Crippen LogP contribution in [0, 0.1) is 0 Å². The van der Waals surface area contributed by atoms with Crippen molar-refractivity contribution < 1.29 is 9.53 Å². The number of nitrogens with zero attached hydrogens (tertiary/aromatic N) is 1. The van der Waals surface area contributed by atoms with Gasteiger partial charge in [0.05, 0.1) is 13.0 Å². The van der Waals surface area contributed by atoms with E-state index in [4.69, 9.17) is 4.74 Å². The van der Waals surface area contributed by atoms with Gasteiger partial charge in [0, 0.05) is 28.0 Å². The molecule has 124 valence electrons. The maximum absolute atomic E-state index is 12.1. The quantitative estimate of drug-likeness (QED) is 0.489. The first-order valence-corrected chi connectivity index (χ1v) is 9.30. The zero-order chi connectivity index (χ0) is 16.9. The summed E-state index contributed by atoms with van der Waals surface area (Å²) in [6, 6.07) is 18.7. The lowest BCUT2D eigenvalue weighted by Crippen LogP contribution is -2.13. The Bertz CT molecular complexity index is 839. The summed E-state index contributed by atoms with van der Waals surface area (Å²) in [5.41, 5.74) is 3.41. The number of carbonyl (C=O) groups excluding carboxylic acids is 1. The van der Waals surface area contributed by atoms with Gasteiger partial charge in [-0.15, -0.1) is 11.8 Å². The zero-order valence-electron chi connectivity index (χ0n) is 14.0. The van der Waals surface area contributed by atoms with E-state index in [1.165, 1.54) is 10.9 Å². The van der Waals surface area contributed by atoms with Crippen molar-refractivity contribution >= 4 is 28.6 Å². The first kappa shape index (κ1) is 16.7. The molecule has 0 radical (unpaired) electrons. The fraction of sp³-hybridized carbons (Fsp3) is 0.250. The molecule has 0 unspecified atom stereocenters. The highest BCUT2D eigenvalue weighted by Gasteiger charge is 2.19. The second-order valence-electron chi connectivity index (χ2n) is 5.55. The van der Waals surface area contributed by atoms with Crippen LogP contribution in [0.3, 0.4) is 0 Å². The van der Waals surface area contributed by atoms with E-state index in [2.05, 4.69) is 35.1 Å². The molecule has 3 rings (SSSR count).